The normalized spacial score (nSPS) is 15.5. The highest BCUT2D eigenvalue weighted by Crippen LogP contribution is 2.30. The van der Waals surface area contributed by atoms with Crippen LogP contribution in [-0.4, -0.2) is 37.0 Å². The number of rotatable bonds is 5. The average molecular weight is 374 g/mol. The third-order valence-electron chi connectivity index (χ3n) is 4.29. The van der Waals surface area contributed by atoms with Crippen molar-refractivity contribution in [1.29, 1.82) is 0 Å². The molecule has 0 bridgehead atoms. The predicted octanol–water partition coefficient (Wildman–Crippen LogP) is 3.09. The number of carbonyl (C=O) groups excluding carboxylic acids is 2. The Balaban J connectivity index is 1.50. The molecule has 0 aliphatic carbocycles. The van der Waals surface area contributed by atoms with E-state index >= 15 is 0 Å². The molecule has 1 heterocycles. The lowest BCUT2D eigenvalue weighted by Crippen LogP contribution is -2.34. The Labute approximate surface area is 157 Å². The zero-order valence-corrected chi connectivity index (χ0v) is 15.2. The molecule has 0 aromatic heterocycles. The van der Waals surface area contributed by atoms with Gasteiger partial charge in [0.05, 0.1) is 5.92 Å². The van der Waals surface area contributed by atoms with Gasteiger partial charge in [-0.1, -0.05) is 41.9 Å². The lowest BCUT2D eigenvalue weighted by atomic mass is 9.97. The first-order valence-corrected chi connectivity index (χ1v) is 8.76. The van der Waals surface area contributed by atoms with Crippen molar-refractivity contribution in [1.82, 2.24) is 4.90 Å². The van der Waals surface area contributed by atoms with Crippen molar-refractivity contribution in [2.24, 2.45) is 5.92 Å². The first-order chi connectivity index (χ1) is 12.5. The Morgan fingerprint density at radius 2 is 2.00 bits per heavy atom. The van der Waals surface area contributed by atoms with Crippen molar-refractivity contribution in [3.63, 3.8) is 0 Å². The summed E-state index contributed by atoms with van der Waals surface area (Å²) in [6, 6.07) is 15.0. The zero-order chi connectivity index (χ0) is 18.5. The monoisotopic (exact) mass is 373 g/mol. The molecule has 0 fully saturated rings. The Kier molecular flexibility index (Phi) is 5.78. The molecule has 3 rings (SSSR count). The third kappa shape index (κ3) is 4.55. The van der Waals surface area contributed by atoms with Crippen molar-refractivity contribution >= 4 is 23.5 Å². The van der Waals surface area contributed by atoms with Crippen LogP contribution in [0.1, 0.15) is 11.1 Å². The van der Waals surface area contributed by atoms with Gasteiger partial charge in [0.2, 0.25) is 0 Å². The topological polar surface area (TPSA) is 55.8 Å². The Hall–Kier alpha value is -2.53. The smallest absolute Gasteiger partial charge is 0.313 e. The summed E-state index contributed by atoms with van der Waals surface area (Å²) in [6.07, 6.45) is 0.489. The molecular formula is C20H20ClNO4. The van der Waals surface area contributed by atoms with Gasteiger partial charge in [0.1, 0.15) is 12.4 Å². The van der Waals surface area contributed by atoms with E-state index in [2.05, 4.69) is 0 Å². The van der Waals surface area contributed by atoms with Crippen molar-refractivity contribution < 1.29 is 19.1 Å². The molecular weight excluding hydrogens is 354 g/mol. The number of fused-ring (bicyclic) bond motifs is 1. The van der Waals surface area contributed by atoms with Crippen LogP contribution >= 0.6 is 11.6 Å². The second kappa shape index (κ2) is 8.23. The Morgan fingerprint density at radius 1 is 1.23 bits per heavy atom. The van der Waals surface area contributed by atoms with Gasteiger partial charge >= 0.3 is 5.97 Å². The fourth-order valence-corrected chi connectivity index (χ4v) is 3.02. The summed E-state index contributed by atoms with van der Waals surface area (Å²) >= 11 is 5.99. The van der Waals surface area contributed by atoms with Crippen LogP contribution in [0.4, 0.5) is 0 Å². The number of halogens is 1. The molecule has 5 nitrogen and oxygen atoms in total. The molecule has 0 unspecified atom stereocenters. The fourth-order valence-electron chi connectivity index (χ4n) is 2.82. The number of amides is 1. The number of benzene rings is 2. The van der Waals surface area contributed by atoms with Gasteiger partial charge in [0.15, 0.2) is 6.61 Å². The van der Waals surface area contributed by atoms with E-state index in [1.807, 2.05) is 30.3 Å². The van der Waals surface area contributed by atoms with E-state index in [4.69, 9.17) is 21.1 Å². The van der Waals surface area contributed by atoms with Crippen LogP contribution in [0, 0.1) is 5.92 Å². The zero-order valence-electron chi connectivity index (χ0n) is 14.5. The fraction of sp³-hybridized carbons (Fsp3) is 0.300. The summed E-state index contributed by atoms with van der Waals surface area (Å²) in [7, 11) is 1.69. The second-order valence-corrected chi connectivity index (χ2v) is 6.74. The van der Waals surface area contributed by atoms with Crippen molar-refractivity contribution in [3.8, 4) is 5.75 Å². The van der Waals surface area contributed by atoms with E-state index in [0.29, 0.717) is 18.0 Å². The quantitative estimate of drug-likeness (QED) is 0.756. The molecule has 0 spiro atoms. The Bertz CT molecular complexity index is 794. The van der Waals surface area contributed by atoms with Crippen LogP contribution < -0.4 is 4.74 Å². The number of likely N-dealkylation sites (N-methyl/N-ethyl adjacent to an activating group) is 1. The van der Waals surface area contributed by atoms with Gasteiger partial charge in [-0.25, -0.2) is 0 Å². The lowest BCUT2D eigenvalue weighted by Gasteiger charge is -2.24. The molecule has 26 heavy (non-hydrogen) atoms. The van der Waals surface area contributed by atoms with Crippen LogP contribution in [0.3, 0.4) is 0 Å². The van der Waals surface area contributed by atoms with Gasteiger partial charge in [-0.15, -0.1) is 0 Å². The molecule has 0 saturated heterocycles. The molecule has 1 amide bonds. The molecule has 0 radical (unpaired) electrons. The predicted molar refractivity (Wildman–Crippen MR) is 98.0 cm³/mol. The standard InChI is InChI=1S/C20H20ClNO4/c1-22(11-14-5-3-2-4-6-14)19(23)13-26-20(24)16-9-15-10-17(21)7-8-18(15)25-12-16/h2-8,10,16H,9,11-13H2,1H3/t16-/m1/s1. The summed E-state index contributed by atoms with van der Waals surface area (Å²) < 4.78 is 10.8. The van der Waals surface area contributed by atoms with Crippen molar-refractivity contribution in [2.75, 3.05) is 20.3 Å². The van der Waals surface area contributed by atoms with Crippen LogP contribution in [0.25, 0.3) is 0 Å². The summed E-state index contributed by atoms with van der Waals surface area (Å²) in [4.78, 5) is 26.0. The molecule has 2 aromatic rings. The number of esters is 1. The summed E-state index contributed by atoms with van der Waals surface area (Å²) in [5.41, 5.74) is 1.89. The van der Waals surface area contributed by atoms with Gasteiger partial charge in [-0.2, -0.15) is 0 Å². The Morgan fingerprint density at radius 3 is 2.77 bits per heavy atom. The largest absolute Gasteiger partial charge is 0.492 e. The number of hydrogen-bond acceptors (Lipinski definition) is 4. The van der Waals surface area contributed by atoms with Crippen LogP contribution in [0.15, 0.2) is 48.5 Å². The average Bonchev–Trinajstić information content (AvgIpc) is 2.65. The van der Waals surface area contributed by atoms with Crippen LogP contribution in [-0.2, 0) is 27.3 Å². The minimum atomic E-state index is -0.437. The molecule has 0 saturated carbocycles. The molecule has 2 aromatic carbocycles. The molecule has 1 aliphatic rings. The van der Waals surface area contributed by atoms with Crippen molar-refractivity contribution in [2.45, 2.75) is 13.0 Å². The van der Waals surface area contributed by atoms with E-state index < -0.39 is 11.9 Å². The second-order valence-electron chi connectivity index (χ2n) is 6.31. The van der Waals surface area contributed by atoms with Crippen LogP contribution in [0.2, 0.25) is 5.02 Å². The third-order valence-corrected chi connectivity index (χ3v) is 4.52. The molecule has 6 heteroatoms. The lowest BCUT2D eigenvalue weighted by molar-refractivity contribution is -0.156. The van der Waals surface area contributed by atoms with Gasteiger partial charge in [0.25, 0.3) is 5.91 Å². The van der Waals surface area contributed by atoms with Gasteiger partial charge in [-0.05, 0) is 35.7 Å². The maximum atomic E-state index is 12.3. The highest BCUT2D eigenvalue weighted by molar-refractivity contribution is 6.30. The summed E-state index contributed by atoms with van der Waals surface area (Å²) in [5.74, 6) is -0.384. The van der Waals surface area contributed by atoms with Gasteiger partial charge in [0, 0.05) is 18.6 Å². The summed E-state index contributed by atoms with van der Waals surface area (Å²) in [5, 5.41) is 0.596. The molecule has 0 N–H and O–H groups in total. The van der Waals surface area contributed by atoms with Crippen LogP contribution in [0.5, 0.6) is 5.75 Å². The minimum Gasteiger partial charge on any atom is -0.492 e. The maximum absolute atomic E-state index is 12.3. The number of carbonyl (C=O) groups is 2. The van der Waals surface area contributed by atoms with E-state index in [0.717, 1.165) is 16.9 Å². The maximum Gasteiger partial charge on any atom is 0.313 e. The minimum absolute atomic E-state index is 0.238. The number of hydrogen-bond donors (Lipinski definition) is 0. The van der Waals surface area contributed by atoms with Gasteiger partial charge < -0.3 is 14.4 Å². The van der Waals surface area contributed by atoms with E-state index in [9.17, 15) is 9.59 Å². The van der Waals surface area contributed by atoms with E-state index in [1.54, 1.807) is 25.2 Å². The number of ether oxygens (including phenoxy) is 2. The first-order valence-electron chi connectivity index (χ1n) is 8.38. The van der Waals surface area contributed by atoms with E-state index in [1.165, 1.54) is 4.90 Å². The van der Waals surface area contributed by atoms with Gasteiger partial charge in [-0.3, -0.25) is 9.59 Å². The number of nitrogens with zero attached hydrogens (tertiary/aromatic N) is 1. The highest BCUT2D eigenvalue weighted by Gasteiger charge is 2.28. The SMILES string of the molecule is CN(Cc1ccccc1)C(=O)COC(=O)[C@H]1COc2ccc(Cl)cc2C1. The van der Waals surface area contributed by atoms with Crippen molar-refractivity contribution in [3.05, 3.63) is 64.7 Å². The molecule has 1 atom stereocenters. The first kappa shape index (κ1) is 18.3. The molecule has 136 valence electrons. The molecule has 1 aliphatic heterocycles. The summed E-state index contributed by atoms with van der Waals surface area (Å²) in [6.45, 7) is 0.429. The highest BCUT2D eigenvalue weighted by atomic mass is 35.5. The van der Waals surface area contributed by atoms with E-state index in [-0.39, 0.29) is 19.1 Å².